The lowest BCUT2D eigenvalue weighted by Crippen LogP contribution is -2.28. The topological polar surface area (TPSA) is 92.5 Å². The number of carbonyl (C=O) groups is 2. The maximum Gasteiger partial charge on any atom is 0.253 e. The first-order valence-corrected chi connectivity index (χ1v) is 16.4. The van der Waals surface area contributed by atoms with Crippen LogP contribution in [0.2, 0.25) is 0 Å². The second-order valence-electron chi connectivity index (χ2n) is 10.7. The molecule has 0 saturated heterocycles. The predicted octanol–water partition coefficient (Wildman–Crippen LogP) is 6.41. The van der Waals surface area contributed by atoms with Gasteiger partial charge in [0, 0.05) is 6.42 Å². The summed E-state index contributed by atoms with van der Waals surface area (Å²) in [5.74, 6) is -0.0382. The molecule has 1 N–H and O–H groups in total. The number of halogens is 1. The van der Waals surface area contributed by atoms with Crippen LogP contribution in [0.15, 0.2) is 101 Å². The van der Waals surface area contributed by atoms with Gasteiger partial charge in [0.05, 0.1) is 41.0 Å². The number of hydrogen-bond donors (Lipinski definition) is 1. The van der Waals surface area contributed by atoms with E-state index in [0.717, 1.165) is 38.5 Å². The third-order valence-electron chi connectivity index (χ3n) is 7.72. The van der Waals surface area contributed by atoms with Crippen LogP contribution in [0.4, 0.5) is 4.39 Å². The Morgan fingerprint density at radius 1 is 0.978 bits per heavy atom. The summed E-state index contributed by atoms with van der Waals surface area (Å²) in [5, 5.41) is 20.6. The van der Waals surface area contributed by atoms with Gasteiger partial charge in [-0.2, -0.15) is 5.10 Å². The molecule has 6 rings (SSSR count). The number of rotatable bonds is 10. The Morgan fingerprint density at radius 2 is 1.78 bits per heavy atom. The quantitative estimate of drug-likeness (QED) is 0.179. The van der Waals surface area contributed by atoms with Crippen molar-refractivity contribution in [2.24, 2.45) is 5.10 Å². The van der Waals surface area contributed by atoms with E-state index in [4.69, 9.17) is 5.10 Å². The number of thiophene rings is 1. The van der Waals surface area contributed by atoms with Gasteiger partial charge in [-0.25, -0.2) is 9.40 Å². The standard InChI is InChI=1S/C34H31FN6O2S2/c1-22-8-6-11-28(23(22)2)40-31(20-36-32(42)18-24-9-4-3-5-10-24)37-38-34(40)45-21-33(43)41-29(25-13-15-26(35)16-14-25)19-27(39-41)30-12-7-17-44-30/h3-17,29H,18-21H2,1-2H3,(H,36,42). The highest BCUT2D eigenvalue weighted by Gasteiger charge is 2.34. The molecule has 11 heteroatoms. The Bertz CT molecular complexity index is 1840. The first-order chi connectivity index (χ1) is 21.9. The van der Waals surface area contributed by atoms with E-state index in [2.05, 4.69) is 15.5 Å². The summed E-state index contributed by atoms with van der Waals surface area (Å²) in [4.78, 5) is 27.5. The second-order valence-corrected chi connectivity index (χ2v) is 12.6. The summed E-state index contributed by atoms with van der Waals surface area (Å²) in [6.07, 6.45) is 0.793. The lowest BCUT2D eigenvalue weighted by molar-refractivity contribution is -0.130. The molecule has 2 amide bonds. The Balaban J connectivity index is 1.24. The molecular weight excluding hydrogens is 608 g/mol. The van der Waals surface area contributed by atoms with Gasteiger partial charge in [0.2, 0.25) is 5.91 Å². The molecule has 0 spiro atoms. The van der Waals surface area contributed by atoms with Crippen LogP contribution >= 0.6 is 23.1 Å². The molecule has 45 heavy (non-hydrogen) atoms. The molecule has 3 aromatic carbocycles. The van der Waals surface area contributed by atoms with Gasteiger partial charge in [0.15, 0.2) is 11.0 Å². The van der Waals surface area contributed by atoms with E-state index in [9.17, 15) is 14.0 Å². The molecule has 1 unspecified atom stereocenters. The Hall–Kier alpha value is -4.61. The second kappa shape index (κ2) is 13.6. The number of thioether (sulfide) groups is 1. The smallest absolute Gasteiger partial charge is 0.253 e. The van der Waals surface area contributed by atoms with Gasteiger partial charge < -0.3 is 5.32 Å². The molecule has 1 aliphatic heterocycles. The number of amides is 2. The molecule has 0 radical (unpaired) electrons. The molecule has 0 aliphatic carbocycles. The van der Waals surface area contributed by atoms with Crippen molar-refractivity contribution in [2.45, 2.75) is 44.4 Å². The van der Waals surface area contributed by atoms with Gasteiger partial charge >= 0.3 is 0 Å². The van der Waals surface area contributed by atoms with Crippen LogP contribution in [0.3, 0.4) is 0 Å². The zero-order valence-corrected chi connectivity index (χ0v) is 26.4. The summed E-state index contributed by atoms with van der Waals surface area (Å²) in [5.41, 5.74) is 5.59. The van der Waals surface area contributed by atoms with Gasteiger partial charge in [-0.05, 0) is 65.7 Å². The largest absolute Gasteiger partial charge is 0.348 e. The molecule has 0 bridgehead atoms. The summed E-state index contributed by atoms with van der Waals surface area (Å²) in [6.45, 7) is 4.24. The van der Waals surface area contributed by atoms with Crippen LogP contribution in [0.25, 0.3) is 5.69 Å². The van der Waals surface area contributed by atoms with Crippen molar-refractivity contribution in [1.82, 2.24) is 25.1 Å². The van der Waals surface area contributed by atoms with Crippen LogP contribution in [-0.2, 0) is 22.6 Å². The molecule has 0 fully saturated rings. The number of aryl methyl sites for hydroxylation is 1. The van der Waals surface area contributed by atoms with Crippen molar-refractivity contribution in [3.05, 3.63) is 129 Å². The van der Waals surface area contributed by atoms with Crippen LogP contribution in [0.1, 0.15) is 45.4 Å². The molecule has 1 aliphatic rings. The molecule has 8 nitrogen and oxygen atoms in total. The molecule has 1 atom stereocenters. The monoisotopic (exact) mass is 638 g/mol. The van der Waals surface area contributed by atoms with Crippen molar-refractivity contribution in [3.8, 4) is 5.69 Å². The van der Waals surface area contributed by atoms with Crippen LogP contribution in [-0.4, -0.2) is 43.1 Å². The summed E-state index contributed by atoms with van der Waals surface area (Å²) in [7, 11) is 0. The first kappa shape index (κ1) is 30.4. The van der Waals surface area contributed by atoms with Gasteiger partial charge in [-0.3, -0.25) is 14.2 Å². The fraction of sp³-hybridized carbons (Fsp3) is 0.206. The summed E-state index contributed by atoms with van der Waals surface area (Å²) in [6, 6.07) is 25.4. The van der Waals surface area contributed by atoms with Gasteiger partial charge in [0.25, 0.3) is 5.91 Å². The molecule has 228 valence electrons. The predicted molar refractivity (Wildman–Crippen MR) is 175 cm³/mol. The Morgan fingerprint density at radius 3 is 2.53 bits per heavy atom. The van der Waals surface area contributed by atoms with E-state index in [-0.39, 0.29) is 42.4 Å². The lowest BCUT2D eigenvalue weighted by Gasteiger charge is -2.22. The number of nitrogens with zero attached hydrogens (tertiary/aromatic N) is 5. The Kier molecular flexibility index (Phi) is 9.18. The summed E-state index contributed by atoms with van der Waals surface area (Å²) < 4.78 is 15.6. The minimum atomic E-state index is -0.344. The zero-order valence-electron chi connectivity index (χ0n) is 24.8. The molecule has 5 aromatic rings. The van der Waals surface area contributed by atoms with Crippen LogP contribution in [0.5, 0.6) is 0 Å². The number of hydrogen-bond acceptors (Lipinski definition) is 7. The number of nitrogens with one attached hydrogen (secondary N) is 1. The van der Waals surface area contributed by atoms with E-state index in [1.165, 1.54) is 28.9 Å². The van der Waals surface area contributed by atoms with Crippen molar-refractivity contribution in [1.29, 1.82) is 0 Å². The minimum absolute atomic E-state index is 0.0578. The molecular formula is C34H31FN6O2S2. The maximum atomic E-state index is 13.8. The van der Waals surface area contributed by atoms with Crippen LogP contribution < -0.4 is 5.32 Å². The summed E-state index contributed by atoms with van der Waals surface area (Å²) >= 11 is 2.84. The lowest BCUT2D eigenvalue weighted by atomic mass is 10.0. The maximum absolute atomic E-state index is 13.8. The third-order valence-corrected chi connectivity index (χ3v) is 9.55. The minimum Gasteiger partial charge on any atom is -0.348 e. The van der Waals surface area contributed by atoms with Gasteiger partial charge in [-0.15, -0.1) is 21.5 Å². The van der Waals surface area contributed by atoms with Crippen LogP contribution in [0, 0.1) is 19.7 Å². The van der Waals surface area contributed by atoms with E-state index < -0.39 is 0 Å². The average molecular weight is 639 g/mol. The van der Waals surface area contributed by atoms with E-state index in [0.29, 0.717) is 17.4 Å². The third kappa shape index (κ3) is 6.89. The SMILES string of the molecule is Cc1cccc(-n2c(CNC(=O)Cc3ccccc3)nnc2SCC(=O)N2N=C(c3cccs3)CC2c2ccc(F)cc2)c1C. The first-order valence-electron chi connectivity index (χ1n) is 14.5. The van der Waals surface area contributed by atoms with Crippen molar-refractivity contribution in [2.75, 3.05) is 5.75 Å². The van der Waals surface area contributed by atoms with Gasteiger partial charge in [0.1, 0.15) is 5.82 Å². The fourth-order valence-electron chi connectivity index (χ4n) is 5.22. The average Bonchev–Trinajstić information content (AvgIpc) is 3.82. The number of carbonyl (C=O) groups excluding carboxylic acids is 2. The molecule has 0 saturated carbocycles. The highest BCUT2D eigenvalue weighted by molar-refractivity contribution is 7.99. The number of aromatic nitrogens is 3. The molecule has 2 aromatic heterocycles. The van der Waals surface area contributed by atoms with E-state index >= 15 is 0 Å². The normalized spacial score (nSPS) is 14.4. The fourth-order valence-corrected chi connectivity index (χ4v) is 6.76. The van der Waals surface area contributed by atoms with E-state index in [1.54, 1.807) is 23.5 Å². The Labute approximate surface area is 269 Å². The van der Waals surface area contributed by atoms with E-state index in [1.807, 2.05) is 84.5 Å². The van der Waals surface area contributed by atoms with Crippen molar-refractivity contribution in [3.63, 3.8) is 0 Å². The number of hydrazone groups is 1. The highest BCUT2D eigenvalue weighted by atomic mass is 32.2. The molecule has 3 heterocycles. The highest BCUT2D eigenvalue weighted by Crippen LogP contribution is 2.35. The zero-order chi connectivity index (χ0) is 31.3. The number of benzene rings is 3. The van der Waals surface area contributed by atoms with Crippen molar-refractivity contribution < 1.29 is 14.0 Å². The van der Waals surface area contributed by atoms with Gasteiger partial charge in [-0.1, -0.05) is 72.4 Å². The van der Waals surface area contributed by atoms with Crippen molar-refractivity contribution >= 4 is 40.6 Å².